The van der Waals surface area contributed by atoms with E-state index >= 15 is 0 Å². The Morgan fingerprint density at radius 3 is 2.42 bits per heavy atom. The van der Waals surface area contributed by atoms with Crippen LogP contribution in [0.25, 0.3) is 11.1 Å². The minimum absolute atomic E-state index is 0.0160. The molecule has 0 bridgehead atoms. The Kier molecular flexibility index (Phi) is 8.06. The molecule has 0 aliphatic carbocycles. The molecule has 0 aliphatic rings. The van der Waals surface area contributed by atoms with Gasteiger partial charge in [-0.3, -0.25) is 10.4 Å². The Balaban J connectivity index is 2.79. The van der Waals surface area contributed by atoms with E-state index in [1.807, 2.05) is 20.8 Å². The molecule has 0 radical (unpaired) electrons. The number of nitrogens with zero attached hydrogens (tertiary/aromatic N) is 5. The summed E-state index contributed by atoms with van der Waals surface area (Å²) in [5.41, 5.74) is 13.5. The Morgan fingerprint density at radius 1 is 1.33 bits per heavy atom. The number of halogens is 3. The van der Waals surface area contributed by atoms with Crippen molar-refractivity contribution in [2.24, 2.45) is 21.5 Å². The summed E-state index contributed by atoms with van der Waals surface area (Å²) in [4.78, 5) is 17.9. The molecule has 9 nitrogen and oxygen atoms in total. The largest absolute Gasteiger partial charge is 0.451 e. The summed E-state index contributed by atoms with van der Waals surface area (Å²) in [6, 6.07) is 2.11. The van der Waals surface area contributed by atoms with Crippen molar-refractivity contribution in [2.45, 2.75) is 45.3 Å². The van der Waals surface area contributed by atoms with Gasteiger partial charge in [-0.25, -0.2) is 15.0 Å². The number of H-pyrrole nitrogens is 1. The van der Waals surface area contributed by atoms with Crippen LogP contribution in [0.5, 0.6) is 0 Å². The van der Waals surface area contributed by atoms with E-state index in [1.54, 1.807) is 6.21 Å². The summed E-state index contributed by atoms with van der Waals surface area (Å²) in [6.45, 7) is 5.68. The number of amidine groups is 1. The lowest BCUT2D eigenvalue weighted by molar-refractivity contribution is -0.144. The number of aromatic amines is 1. The number of nitriles is 1. The highest BCUT2D eigenvalue weighted by molar-refractivity contribution is 6.06. The third-order valence-electron chi connectivity index (χ3n) is 4.67. The van der Waals surface area contributed by atoms with Crippen molar-refractivity contribution in [1.82, 2.24) is 15.0 Å². The van der Waals surface area contributed by atoms with Crippen LogP contribution in [0, 0.1) is 16.7 Å². The maximum absolute atomic E-state index is 12.9. The fourth-order valence-electron chi connectivity index (χ4n) is 3.21. The van der Waals surface area contributed by atoms with E-state index in [0.717, 1.165) is 12.4 Å². The van der Waals surface area contributed by atoms with Gasteiger partial charge in [0.2, 0.25) is 5.82 Å². The fraction of sp³-hybridized carbons (Fsp3) is 0.333. The number of rotatable bonds is 8. The number of aromatic nitrogens is 3. The van der Waals surface area contributed by atoms with Gasteiger partial charge in [-0.2, -0.15) is 18.4 Å². The molecule has 2 aromatic heterocycles. The number of nitrogens with one attached hydrogen (secondary N) is 2. The van der Waals surface area contributed by atoms with Crippen LogP contribution in [-0.2, 0) is 6.18 Å². The molecule has 0 saturated carbocycles. The second-order valence-electron chi connectivity index (χ2n) is 7.21. The predicted octanol–water partition coefficient (Wildman–Crippen LogP) is 3.49. The van der Waals surface area contributed by atoms with E-state index in [4.69, 9.17) is 16.9 Å². The van der Waals surface area contributed by atoms with Gasteiger partial charge < -0.3 is 16.5 Å². The van der Waals surface area contributed by atoms with Gasteiger partial charge in [0.1, 0.15) is 18.2 Å². The van der Waals surface area contributed by atoms with Gasteiger partial charge in [-0.1, -0.05) is 6.92 Å². The summed E-state index contributed by atoms with van der Waals surface area (Å²) < 4.78 is 38.7. The molecule has 0 spiro atoms. The Morgan fingerprint density at radius 2 is 1.97 bits per heavy atom. The van der Waals surface area contributed by atoms with Crippen LogP contribution in [0.3, 0.4) is 0 Å². The third kappa shape index (κ3) is 5.62. The molecule has 1 unspecified atom stereocenters. The molecule has 33 heavy (non-hydrogen) atoms. The highest BCUT2D eigenvalue weighted by Gasteiger charge is 2.35. The molecule has 2 aromatic rings. The van der Waals surface area contributed by atoms with Gasteiger partial charge >= 0.3 is 6.18 Å². The van der Waals surface area contributed by atoms with E-state index in [9.17, 15) is 18.4 Å². The van der Waals surface area contributed by atoms with Gasteiger partial charge in [0.15, 0.2) is 0 Å². The molecule has 0 aromatic carbocycles. The monoisotopic (exact) mass is 459 g/mol. The average molecular weight is 459 g/mol. The normalized spacial score (nSPS) is 14.0. The first-order valence-corrected chi connectivity index (χ1v) is 9.92. The number of allylic oxidation sites excluding steroid dienone is 1. The number of nitrogens with two attached hydrogens (primary N) is 2. The summed E-state index contributed by atoms with van der Waals surface area (Å²) in [6.07, 6.45) is 1.46. The maximum Gasteiger partial charge on any atom is 0.451 e. The zero-order chi connectivity index (χ0) is 24.8. The summed E-state index contributed by atoms with van der Waals surface area (Å²) in [5.74, 6) is -1.85. The van der Waals surface area contributed by atoms with E-state index in [-0.39, 0.29) is 34.3 Å². The molecule has 2 heterocycles. The smallest absolute Gasteiger partial charge is 0.404 e. The highest BCUT2D eigenvalue weighted by Crippen LogP contribution is 2.37. The quantitative estimate of drug-likeness (QED) is 0.350. The molecule has 6 N–H and O–H groups in total. The van der Waals surface area contributed by atoms with E-state index in [1.165, 1.54) is 6.20 Å². The molecule has 2 rings (SSSR count). The second-order valence-corrected chi connectivity index (χ2v) is 7.21. The minimum atomic E-state index is -4.72. The number of hydrogen-bond donors (Lipinski definition) is 4. The van der Waals surface area contributed by atoms with Gasteiger partial charge in [0, 0.05) is 47.4 Å². The lowest BCUT2D eigenvalue weighted by atomic mass is 9.90. The number of alkyl halides is 3. The van der Waals surface area contributed by atoms with Crippen LogP contribution >= 0.6 is 0 Å². The van der Waals surface area contributed by atoms with Crippen molar-refractivity contribution in [2.75, 3.05) is 0 Å². The lowest BCUT2D eigenvalue weighted by Gasteiger charge is -2.15. The van der Waals surface area contributed by atoms with Gasteiger partial charge in [0.05, 0.1) is 11.3 Å². The van der Waals surface area contributed by atoms with Crippen molar-refractivity contribution in [3.8, 4) is 17.2 Å². The predicted molar refractivity (Wildman–Crippen MR) is 120 cm³/mol. The standard InChI is InChI=1S/C21H24F3N9/c1-4-14(12(5-25)7-29-11(2)3)17-15(6-26)16(18(33-17)19(28)32-10-27)13-8-30-20(31-9-13)21(22,23)24/h5,7-11,14,33H,4,25H2,1-3H3,(H3,27,28,32). The molecule has 0 amide bonds. The summed E-state index contributed by atoms with van der Waals surface area (Å²) in [5, 5.41) is 17.2. The molecule has 1 atom stereocenters. The number of aliphatic imine (C=N–C) groups is 2. The lowest BCUT2D eigenvalue weighted by Crippen LogP contribution is -2.16. The van der Waals surface area contributed by atoms with Crippen molar-refractivity contribution in [1.29, 1.82) is 10.7 Å². The third-order valence-corrected chi connectivity index (χ3v) is 4.67. The van der Waals surface area contributed by atoms with Crippen molar-refractivity contribution < 1.29 is 13.2 Å². The van der Waals surface area contributed by atoms with Crippen LogP contribution in [0.1, 0.15) is 55.9 Å². The topological polar surface area (TPSA) is 166 Å². The van der Waals surface area contributed by atoms with Crippen molar-refractivity contribution in [3.05, 3.63) is 46.9 Å². The first kappa shape index (κ1) is 25.3. The average Bonchev–Trinajstić information content (AvgIpc) is 3.15. The van der Waals surface area contributed by atoms with Gasteiger partial charge in [-0.15, -0.1) is 0 Å². The van der Waals surface area contributed by atoms with E-state index < -0.39 is 17.9 Å². The van der Waals surface area contributed by atoms with Gasteiger partial charge in [-0.05, 0) is 32.0 Å². The van der Waals surface area contributed by atoms with Crippen LogP contribution in [0.15, 0.2) is 34.2 Å². The summed E-state index contributed by atoms with van der Waals surface area (Å²) in [7, 11) is 0. The Bertz CT molecular complexity index is 1120. The summed E-state index contributed by atoms with van der Waals surface area (Å²) >= 11 is 0. The Labute approximate surface area is 188 Å². The van der Waals surface area contributed by atoms with Crippen LogP contribution in [0.2, 0.25) is 0 Å². The minimum Gasteiger partial charge on any atom is -0.404 e. The molecular formula is C21H24F3N9. The fourth-order valence-corrected chi connectivity index (χ4v) is 3.21. The SMILES string of the molecule is CCC(C(C=NC(C)C)=CN)c1[nH]c(C(N)=NC=N)c(-c2cnc(C(F)(F)F)nc2)c1C#N. The molecule has 0 saturated heterocycles. The van der Waals surface area contributed by atoms with Crippen molar-refractivity contribution >= 4 is 18.4 Å². The van der Waals surface area contributed by atoms with E-state index in [0.29, 0.717) is 24.0 Å². The zero-order valence-corrected chi connectivity index (χ0v) is 18.3. The number of hydrogen-bond acceptors (Lipinski definition) is 6. The maximum atomic E-state index is 12.9. The van der Waals surface area contributed by atoms with E-state index in [2.05, 4.69) is 31.0 Å². The van der Waals surface area contributed by atoms with Gasteiger partial charge in [0.25, 0.3) is 0 Å². The van der Waals surface area contributed by atoms with Crippen LogP contribution < -0.4 is 11.5 Å². The van der Waals surface area contributed by atoms with Crippen molar-refractivity contribution in [3.63, 3.8) is 0 Å². The second kappa shape index (κ2) is 10.5. The molecule has 0 fully saturated rings. The highest BCUT2D eigenvalue weighted by atomic mass is 19.4. The first-order valence-electron chi connectivity index (χ1n) is 9.92. The molecular weight excluding hydrogens is 435 g/mol. The van der Waals surface area contributed by atoms with Crippen LogP contribution in [0.4, 0.5) is 13.2 Å². The first-order chi connectivity index (χ1) is 15.6. The zero-order valence-electron chi connectivity index (χ0n) is 18.3. The van der Waals surface area contributed by atoms with Crippen LogP contribution in [-0.4, -0.2) is 39.4 Å². The Hall–Kier alpha value is -4.01. The molecule has 174 valence electrons. The molecule has 0 aliphatic heterocycles. The molecule has 12 heteroatoms.